The summed E-state index contributed by atoms with van der Waals surface area (Å²) < 4.78 is 47.5. The number of fused-ring (bicyclic) bond motifs is 1. The third kappa shape index (κ3) is 6.07. The summed E-state index contributed by atoms with van der Waals surface area (Å²) in [7, 11) is 0. The fourth-order valence-corrected chi connectivity index (χ4v) is 2.95. The Morgan fingerprint density at radius 2 is 1.88 bits per heavy atom. The number of alkyl halides is 3. The van der Waals surface area contributed by atoms with Crippen molar-refractivity contribution in [3.05, 3.63) is 71.0 Å². The van der Waals surface area contributed by atoms with Gasteiger partial charge in [-0.1, -0.05) is 54.4 Å². The first-order valence-electron chi connectivity index (χ1n) is 9.25. The maximum absolute atomic E-state index is 12.6. The van der Waals surface area contributed by atoms with E-state index in [1.54, 1.807) is 48.5 Å². The number of halogens is 3. The Hall–Kier alpha value is -3.39. The van der Waals surface area contributed by atoms with E-state index in [0.29, 0.717) is 22.1 Å². The zero-order valence-electron chi connectivity index (χ0n) is 16.5. The molecular weight excluding hydrogens is 445 g/mol. The molecule has 10 heteroatoms. The number of amides is 1. The normalized spacial score (nSPS) is 11.0. The van der Waals surface area contributed by atoms with E-state index in [-0.39, 0.29) is 22.9 Å². The first kappa shape index (κ1) is 23.3. The van der Waals surface area contributed by atoms with Crippen LogP contribution in [0, 0.1) is 11.8 Å². The second-order valence-corrected chi connectivity index (χ2v) is 6.92. The second-order valence-electron chi connectivity index (χ2n) is 6.52. The van der Waals surface area contributed by atoms with E-state index in [0.717, 1.165) is 0 Å². The predicted octanol–water partition coefficient (Wildman–Crippen LogP) is 3.95. The monoisotopic (exact) mass is 462 g/mol. The standard InChI is InChI=1S/C22H17F3N2O4S/c23-22(24,25)13-30-12-17-16-5-1-2-6-18(16)31-19(17)20(28)26-11-3-4-14-7-9-15(10-8-14)21(32)27-29/h1-2,5-10,29H,11-13H2,(H,26,28)(H,27,32). The van der Waals surface area contributed by atoms with Crippen LogP contribution in [0.1, 0.15) is 27.2 Å². The first-order valence-corrected chi connectivity index (χ1v) is 9.66. The molecule has 32 heavy (non-hydrogen) atoms. The van der Waals surface area contributed by atoms with Gasteiger partial charge in [-0.2, -0.15) is 13.2 Å². The van der Waals surface area contributed by atoms with E-state index in [2.05, 4.69) is 17.2 Å². The predicted molar refractivity (Wildman–Crippen MR) is 114 cm³/mol. The first-order chi connectivity index (χ1) is 15.3. The van der Waals surface area contributed by atoms with Crippen LogP contribution in [0.15, 0.2) is 52.9 Å². The number of carbonyl (C=O) groups is 1. The summed E-state index contributed by atoms with van der Waals surface area (Å²) in [6.45, 7) is -1.88. The summed E-state index contributed by atoms with van der Waals surface area (Å²) in [5, 5.41) is 11.9. The lowest BCUT2D eigenvalue weighted by molar-refractivity contribution is -0.176. The van der Waals surface area contributed by atoms with E-state index in [1.807, 2.05) is 5.48 Å². The topological polar surface area (TPSA) is 83.7 Å². The molecule has 3 N–H and O–H groups in total. The number of hydroxylamine groups is 1. The molecule has 0 saturated carbocycles. The number of hydrogen-bond donors (Lipinski definition) is 3. The third-order valence-corrected chi connectivity index (χ3v) is 4.56. The molecule has 0 aliphatic rings. The Morgan fingerprint density at radius 3 is 2.56 bits per heavy atom. The van der Waals surface area contributed by atoms with Crippen LogP contribution in [0.25, 0.3) is 11.0 Å². The van der Waals surface area contributed by atoms with Gasteiger partial charge >= 0.3 is 6.18 Å². The van der Waals surface area contributed by atoms with Crippen molar-refractivity contribution in [2.75, 3.05) is 13.2 Å². The van der Waals surface area contributed by atoms with Crippen LogP contribution in [0.2, 0.25) is 0 Å². The molecule has 1 aromatic heterocycles. The molecule has 0 saturated heterocycles. The molecule has 0 bridgehead atoms. The largest absolute Gasteiger partial charge is 0.451 e. The number of hydrogen-bond acceptors (Lipinski definition) is 5. The van der Waals surface area contributed by atoms with Gasteiger partial charge in [0.2, 0.25) is 0 Å². The summed E-state index contributed by atoms with van der Waals surface area (Å²) >= 11 is 4.91. The minimum absolute atomic E-state index is 0.0168. The summed E-state index contributed by atoms with van der Waals surface area (Å²) in [5.74, 6) is 4.90. The number of thiocarbonyl (C=S) groups is 1. The van der Waals surface area contributed by atoms with Crippen molar-refractivity contribution in [1.29, 1.82) is 0 Å². The minimum Gasteiger partial charge on any atom is -0.451 e. The molecule has 0 unspecified atom stereocenters. The highest BCUT2D eigenvalue weighted by atomic mass is 32.1. The van der Waals surface area contributed by atoms with Crippen LogP contribution >= 0.6 is 12.2 Å². The number of benzene rings is 2. The number of para-hydroxylation sites is 1. The number of furan rings is 1. The molecule has 0 atom stereocenters. The van der Waals surface area contributed by atoms with Crippen molar-refractivity contribution in [2.45, 2.75) is 12.8 Å². The average Bonchev–Trinajstić information content (AvgIpc) is 3.14. The van der Waals surface area contributed by atoms with Crippen molar-refractivity contribution in [3.8, 4) is 11.8 Å². The molecule has 0 fully saturated rings. The van der Waals surface area contributed by atoms with Gasteiger partial charge in [0.15, 0.2) is 5.76 Å². The van der Waals surface area contributed by atoms with E-state index in [9.17, 15) is 18.0 Å². The highest BCUT2D eigenvalue weighted by Crippen LogP contribution is 2.27. The van der Waals surface area contributed by atoms with Gasteiger partial charge in [0.05, 0.1) is 13.2 Å². The van der Waals surface area contributed by atoms with Crippen LogP contribution < -0.4 is 10.8 Å². The maximum atomic E-state index is 12.6. The molecule has 3 aromatic rings. The quantitative estimate of drug-likeness (QED) is 0.292. The molecule has 0 aliphatic carbocycles. The van der Waals surface area contributed by atoms with Crippen LogP contribution in [0.3, 0.4) is 0 Å². The molecule has 3 rings (SSSR count). The minimum atomic E-state index is -4.48. The van der Waals surface area contributed by atoms with Gasteiger partial charge in [-0.15, -0.1) is 0 Å². The highest BCUT2D eigenvalue weighted by molar-refractivity contribution is 7.80. The summed E-state index contributed by atoms with van der Waals surface area (Å²) in [5.41, 5.74) is 3.77. The zero-order valence-corrected chi connectivity index (χ0v) is 17.3. The summed E-state index contributed by atoms with van der Waals surface area (Å²) in [6.07, 6.45) is -4.48. The molecule has 0 aliphatic heterocycles. The molecule has 1 amide bonds. The third-order valence-electron chi connectivity index (χ3n) is 4.24. The lowest BCUT2D eigenvalue weighted by Gasteiger charge is -2.08. The van der Waals surface area contributed by atoms with Crippen molar-refractivity contribution in [3.63, 3.8) is 0 Å². The van der Waals surface area contributed by atoms with Gasteiger partial charge in [-0.25, -0.2) is 0 Å². The average molecular weight is 462 g/mol. The van der Waals surface area contributed by atoms with Crippen LogP contribution in [-0.2, 0) is 11.3 Å². The van der Waals surface area contributed by atoms with Gasteiger partial charge in [-0.3, -0.25) is 15.5 Å². The van der Waals surface area contributed by atoms with Gasteiger partial charge in [0.1, 0.15) is 17.2 Å². The lowest BCUT2D eigenvalue weighted by Crippen LogP contribution is -2.24. The molecule has 6 nitrogen and oxygen atoms in total. The van der Waals surface area contributed by atoms with Crippen LogP contribution in [-0.4, -0.2) is 35.4 Å². The summed E-state index contributed by atoms with van der Waals surface area (Å²) in [6, 6.07) is 13.4. The van der Waals surface area contributed by atoms with Gasteiger partial charge in [-0.05, 0) is 18.2 Å². The summed E-state index contributed by atoms with van der Waals surface area (Å²) in [4.78, 5) is 12.7. The molecule has 166 valence electrons. The Bertz CT molecular complexity index is 1180. The number of rotatable bonds is 6. The Balaban J connectivity index is 1.67. The molecule has 0 spiro atoms. The van der Waals surface area contributed by atoms with E-state index in [1.165, 1.54) is 0 Å². The van der Waals surface area contributed by atoms with Crippen molar-refractivity contribution in [1.82, 2.24) is 10.8 Å². The van der Waals surface area contributed by atoms with Crippen LogP contribution in [0.5, 0.6) is 0 Å². The molecule has 0 radical (unpaired) electrons. The molecule has 1 heterocycles. The number of ether oxygens (including phenoxy) is 1. The highest BCUT2D eigenvalue weighted by Gasteiger charge is 2.28. The number of nitrogens with one attached hydrogen (secondary N) is 2. The molecule has 2 aromatic carbocycles. The fourth-order valence-electron chi connectivity index (χ4n) is 2.81. The fraction of sp³-hybridized carbons (Fsp3) is 0.182. The van der Waals surface area contributed by atoms with E-state index in [4.69, 9.17) is 26.6 Å². The van der Waals surface area contributed by atoms with Gasteiger partial charge in [0.25, 0.3) is 5.91 Å². The Kier molecular flexibility index (Phi) is 7.48. The lowest BCUT2D eigenvalue weighted by atomic mass is 10.1. The van der Waals surface area contributed by atoms with Gasteiger partial charge in [0, 0.05) is 22.1 Å². The van der Waals surface area contributed by atoms with Crippen LogP contribution in [0.4, 0.5) is 13.2 Å². The Labute approximate surface area is 186 Å². The zero-order chi connectivity index (χ0) is 23.1. The second kappa shape index (κ2) is 10.3. The molecular formula is C22H17F3N2O4S. The van der Waals surface area contributed by atoms with E-state index < -0.39 is 25.3 Å². The number of carbonyl (C=O) groups excluding carboxylic acids is 1. The Morgan fingerprint density at radius 1 is 1.16 bits per heavy atom. The maximum Gasteiger partial charge on any atom is 0.411 e. The van der Waals surface area contributed by atoms with Gasteiger partial charge < -0.3 is 14.5 Å². The van der Waals surface area contributed by atoms with Crippen molar-refractivity contribution in [2.24, 2.45) is 0 Å². The smallest absolute Gasteiger partial charge is 0.411 e. The van der Waals surface area contributed by atoms with Crippen molar-refractivity contribution >= 4 is 34.1 Å². The van der Waals surface area contributed by atoms with Crippen molar-refractivity contribution < 1.29 is 32.3 Å². The van der Waals surface area contributed by atoms with E-state index >= 15 is 0 Å². The SMILES string of the molecule is O=C(NCC#Cc1ccc(C(=S)NO)cc1)c1oc2ccccc2c1COCC(F)(F)F.